The number of hydrogen-bond donors (Lipinski definition) is 0. The lowest BCUT2D eigenvalue weighted by molar-refractivity contribution is -0.131. The van der Waals surface area contributed by atoms with Crippen molar-refractivity contribution in [3.05, 3.63) is 0 Å². The summed E-state index contributed by atoms with van der Waals surface area (Å²) in [6.07, 6.45) is 3.86. The molecule has 16 heavy (non-hydrogen) atoms. The molecule has 1 rings (SSSR count). The fourth-order valence-corrected chi connectivity index (χ4v) is 2.97. The van der Waals surface area contributed by atoms with Crippen LogP contribution < -0.4 is 0 Å². The molecule has 0 radical (unpaired) electrons. The molecule has 4 heteroatoms. The Morgan fingerprint density at radius 2 is 2.38 bits per heavy atom. The van der Waals surface area contributed by atoms with Crippen LogP contribution in [-0.2, 0) is 9.53 Å². The van der Waals surface area contributed by atoms with E-state index in [0.717, 1.165) is 18.7 Å². The van der Waals surface area contributed by atoms with Crippen LogP contribution in [0.5, 0.6) is 0 Å². The molecule has 0 aliphatic carbocycles. The molecule has 2 unspecified atom stereocenters. The van der Waals surface area contributed by atoms with Gasteiger partial charge in [-0.3, -0.25) is 4.79 Å². The van der Waals surface area contributed by atoms with Gasteiger partial charge in [-0.1, -0.05) is 6.92 Å². The Morgan fingerprint density at radius 3 is 2.94 bits per heavy atom. The molecule has 0 N–H and O–H groups in total. The van der Waals surface area contributed by atoms with Gasteiger partial charge in [-0.2, -0.15) is 11.8 Å². The molecule has 1 fully saturated rings. The lowest BCUT2D eigenvalue weighted by Crippen LogP contribution is -2.42. The molecule has 1 aliphatic rings. The van der Waals surface area contributed by atoms with E-state index in [1.807, 2.05) is 11.8 Å². The smallest absolute Gasteiger partial charge is 0.141 e. The van der Waals surface area contributed by atoms with Crippen molar-refractivity contribution in [1.82, 2.24) is 4.90 Å². The Morgan fingerprint density at radius 1 is 1.62 bits per heavy atom. The topological polar surface area (TPSA) is 29.5 Å². The Kier molecular flexibility index (Phi) is 6.39. The molecule has 1 saturated heterocycles. The fraction of sp³-hybridized carbons (Fsp3) is 0.917. The minimum atomic E-state index is 0.0923. The zero-order valence-electron chi connectivity index (χ0n) is 10.6. The van der Waals surface area contributed by atoms with Crippen molar-refractivity contribution in [3.63, 3.8) is 0 Å². The highest BCUT2D eigenvalue weighted by atomic mass is 32.2. The van der Waals surface area contributed by atoms with Crippen molar-refractivity contribution in [1.29, 1.82) is 0 Å². The maximum absolute atomic E-state index is 11.7. The van der Waals surface area contributed by atoms with Gasteiger partial charge in [0.2, 0.25) is 0 Å². The van der Waals surface area contributed by atoms with Crippen molar-refractivity contribution in [2.24, 2.45) is 5.92 Å². The zero-order chi connectivity index (χ0) is 12.0. The average molecular weight is 245 g/mol. The van der Waals surface area contributed by atoms with Gasteiger partial charge >= 0.3 is 0 Å². The van der Waals surface area contributed by atoms with Gasteiger partial charge in [0.15, 0.2) is 0 Å². The minimum absolute atomic E-state index is 0.0923. The number of Topliss-reactive ketones (excluding diaryl/α,β-unsaturated/α-hetero) is 1. The number of ether oxygens (including phenoxy) is 1. The van der Waals surface area contributed by atoms with Crippen LogP contribution >= 0.6 is 11.8 Å². The molecular formula is C12H23NO2S. The van der Waals surface area contributed by atoms with Crippen LogP contribution in [-0.4, -0.2) is 55.5 Å². The summed E-state index contributed by atoms with van der Waals surface area (Å²) < 4.78 is 5.37. The molecule has 0 spiro atoms. The first-order valence-electron chi connectivity index (χ1n) is 5.98. The molecule has 3 nitrogen and oxygen atoms in total. The Labute approximate surface area is 103 Å². The van der Waals surface area contributed by atoms with Crippen LogP contribution in [0.2, 0.25) is 0 Å². The van der Waals surface area contributed by atoms with Crippen LogP contribution in [0.1, 0.15) is 19.8 Å². The molecule has 0 bridgehead atoms. The molecule has 0 aromatic rings. The third-order valence-corrected chi connectivity index (χ3v) is 3.95. The average Bonchev–Trinajstić information content (AvgIpc) is 2.29. The number of thioether (sulfide) groups is 1. The van der Waals surface area contributed by atoms with E-state index >= 15 is 0 Å². The van der Waals surface area contributed by atoms with E-state index in [1.54, 1.807) is 0 Å². The minimum Gasteiger partial charge on any atom is -0.380 e. The number of carbonyl (C=O) groups excluding carboxylic acids is 1. The highest BCUT2D eigenvalue weighted by Gasteiger charge is 2.25. The number of rotatable bonds is 6. The van der Waals surface area contributed by atoms with Gasteiger partial charge in [-0.15, -0.1) is 0 Å². The summed E-state index contributed by atoms with van der Waals surface area (Å²) in [6.45, 7) is 4.27. The summed E-state index contributed by atoms with van der Waals surface area (Å²) >= 11 is 1.87. The van der Waals surface area contributed by atoms with Gasteiger partial charge in [-0.05, 0) is 19.7 Å². The van der Waals surface area contributed by atoms with E-state index in [4.69, 9.17) is 4.74 Å². The van der Waals surface area contributed by atoms with Crippen molar-refractivity contribution in [2.45, 2.75) is 25.8 Å². The van der Waals surface area contributed by atoms with Crippen LogP contribution in [0.25, 0.3) is 0 Å². The van der Waals surface area contributed by atoms with Gasteiger partial charge in [0.1, 0.15) is 5.78 Å². The van der Waals surface area contributed by atoms with Crippen LogP contribution in [0, 0.1) is 5.92 Å². The maximum Gasteiger partial charge on any atom is 0.141 e. The molecule has 0 aromatic carbocycles. The number of ketones is 1. The monoisotopic (exact) mass is 245 g/mol. The summed E-state index contributed by atoms with van der Waals surface area (Å²) in [4.78, 5) is 14.0. The second-order valence-corrected chi connectivity index (χ2v) is 5.36. The first kappa shape index (κ1) is 14.0. The molecular weight excluding hydrogens is 222 g/mol. The normalized spacial score (nSPS) is 23.8. The predicted octanol–water partition coefficient (Wildman–Crippen LogP) is 1.67. The first-order valence-corrected chi connectivity index (χ1v) is 7.38. The van der Waals surface area contributed by atoms with E-state index in [0.29, 0.717) is 31.5 Å². The third kappa shape index (κ3) is 4.07. The van der Waals surface area contributed by atoms with Crippen molar-refractivity contribution in [3.8, 4) is 0 Å². The quantitative estimate of drug-likeness (QED) is 0.712. The lowest BCUT2D eigenvalue weighted by atomic mass is 9.99. The third-order valence-electron chi connectivity index (χ3n) is 3.23. The predicted molar refractivity (Wildman–Crippen MR) is 69.0 cm³/mol. The highest BCUT2D eigenvalue weighted by Crippen LogP contribution is 2.15. The van der Waals surface area contributed by atoms with Crippen LogP contribution in [0.15, 0.2) is 0 Å². The Hall–Kier alpha value is -0.0600. The molecule has 0 saturated carbocycles. The van der Waals surface area contributed by atoms with E-state index < -0.39 is 0 Å². The molecule has 0 aromatic heterocycles. The summed E-state index contributed by atoms with van der Waals surface area (Å²) in [7, 11) is 2.12. The number of carbonyl (C=O) groups is 1. The van der Waals surface area contributed by atoms with Crippen molar-refractivity contribution >= 4 is 17.5 Å². The molecule has 94 valence electrons. The second kappa shape index (κ2) is 7.30. The Balaban J connectivity index is 2.41. The van der Waals surface area contributed by atoms with Crippen LogP contribution in [0.3, 0.4) is 0 Å². The van der Waals surface area contributed by atoms with Crippen molar-refractivity contribution < 1.29 is 9.53 Å². The summed E-state index contributed by atoms with van der Waals surface area (Å²) in [6, 6.07) is 0.574. The molecule has 0 amide bonds. The molecule has 1 heterocycles. The van der Waals surface area contributed by atoms with Gasteiger partial charge in [-0.25, -0.2) is 0 Å². The van der Waals surface area contributed by atoms with Gasteiger partial charge in [0.25, 0.3) is 0 Å². The fourth-order valence-electron chi connectivity index (χ4n) is 2.10. The largest absolute Gasteiger partial charge is 0.380 e. The van der Waals surface area contributed by atoms with Gasteiger partial charge < -0.3 is 9.64 Å². The zero-order valence-corrected chi connectivity index (χ0v) is 11.4. The standard InChI is InChI=1S/C12H23NO2S/c1-4-11(9-16-3)13(2)7-10-8-15-6-5-12(10)14/h10-11H,4-9H2,1-3H3. The summed E-state index contributed by atoms with van der Waals surface area (Å²) in [5.74, 6) is 1.60. The second-order valence-electron chi connectivity index (χ2n) is 4.45. The van der Waals surface area contributed by atoms with E-state index in [9.17, 15) is 4.79 Å². The Bertz CT molecular complexity index is 223. The number of nitrogens with zero attached hydrogens (tertiary/aromatic N) is 1. The maximum atomic E-state index is 11.7. The van der Waals surface area contributed by atoms with Crippen LogP contribution in [0.4, 0.5) is 0 Å². The number of hydrogen-bond acceptors (Lipinski definition) is 4. The van der Waals surface area contributed by atoms with E-state index in [2.05, 4.69) is 25.1 Å². The van der Waals surface area contributed by atoms with Crippen molar-refractivity contribution in [2.75, 3.05) is 38.8 Å². The van der Waals surface area contributed by atoms with Gasteiger partial charge in [0, 0.05) is 24.8 Å². The van der Waals surface area contributed by atoms with E-state index in [-0.39, 0.29) is 5.92 Å². The summed E-state index contributed by atoms with van der Waals surface area (Å²) in [5.41, 5.74) is 0. The lowest BCUT2D eigenvalue weighted by Gasteiger charge is -2.31. The molecule has 2 atom stereocenters. The molecule has 1 aliphatic heterocycles. The summed E-state index contributed by atoms with van der Waals surface area (Å²) in [5, 5.41) is 0. The SMILES string of the molecule is CCC(CSC)N(C)CC1COCCC1=O. The van der Waals surface area contributed by atoms with Gasteiger partial charge in [0.05, 0.1) is 19.1 Å². The van der Waals surface area contributed by atoms with E-state index in [1.165, 1.54) is 0 Å². The first-order chi connectivity index (χ1) is 7.69. The highest BCUT2D eigenvalue weighted by molar-refractivity contribution is 7.98.